The minimum Gasteiger partial charge on any atom is -0.311 e. The number of hydrogen-bond donors (Lipinski definition) is 1. The maximum atomic E-state index is 6.17. The Labute approximate surface area is 132 Å². The van der Waals surface area contributed by atoms with Crippen LogP contribution in [-0.2, 0) is 6.54 Å². The largest absolute Gasteiger partial charge is 0.311 e. The van der Waals surface area contributed by atoms with Crippen molar-refractivity contribution in [2.75, 3.05) is 6.54 Å². The number of rotatable bonds is 5. The molecule has 0 aliphatic rings. The number of halogens is 2. The van der Waals surface area contributed by atoms with E-state index in [1.807, 2.05) is 25.3 Å². The van der Waals surface area contributed by atoms with Gasteiger partial charge in [-0.3, -0.25) is 0 Å². The van der Waals surface area contributed by atoms with Gasteiger partial charge in [0.1, 0.15) is 0 Å². The normalized spacial score (nSPS) is 11.3. The molecule has 0 spiro atoms. The molecule has 2 aromatic rings. The van der Waals surface area contributed by atoms with Crippen molar-refractivity contribution in [3.8, 4) is 5.69 Å². The second-order valence-corrected chi connectivity index (χ2v) is 6.49. The first kappa shape index (κ1) is 15.5. The summed E-state index contributed by atoms with van der Waals surface area (Å²) < 4.78 is 2.69. The van der Waals surface area contributed by atoms with Crippen LogP contribution < -0.4 is 5.32 Å². The molecule has 2 rings (SSSR count). The molecule has 0 bridgehead atoms. The van der Waals surface area contributed by atoms with Crippen molar-refractivity contribution in [1.82, 2.24) is 20.3 Å². The molecule has 0 aliphatic heterocycles. The zero-order valence-electron chi connectivity index (χ0n) is 11.8. The first-order valence-electron chi connectivity index (χ1n) is 6.55. The second-order valence-electron chi connectivity index (χ2n) is 5.23. The van der Waals surface area contributed by atoms with Crippen LogP contribution in [0.2, 0.25) is 5.02 Å². The highest BCUT2D eigenvalue weighted by atomic mass is 79.9. The highest BCUT2D eigenvalue weighted by Gasteiger charge is 2.09. The lowest BCUT2D eigenvalue weighted by atomic mass is 10.2. The fraction of sp³-hybridized carbons (Fsp3) is 0.429. The van der Waals surface area contributed by atoms with Gasteiger partial charge in [0.2, 0.25) is 0 Å². The third-order valence-corrected chi connectivity index (χ3v) is 3.92. The van der Waals surface area contributed by atoms with Crippen molar-refractivity contribution in [3.63, 3.8) is 0 Å². The summed E-state index contributed by atoms with van der Waals surface area (Å²) in [6.07, 6.45) is 1.92. The van der Waals surface area contributed by atoms with Gasteiger partial charge in [-0.25, -0.2) is 4.68 Å². The van der Waals surface area contributed by atoms with Gasteiger partial charge in [-0.15, -0.1) is 5.10 Å². The lowest BCUT2D eigenvalue weighted by Gasteiger charge is -2.06. The van der Waals surface area contributed by atoms with Gasteiger partial charge in [0.05, 0.1) is 17.6 Å². The van der Waals surface area contributed by atoms with Gasteiger partial charge in [0.15, 0.2) is 0 Å². The van der Waals surface area contributed by atoms with E-state index in [0.29, 0.717) is 5.92 Å². The molecule has 0 saturated heterocycles. The Morgan fingerprint density at radius 3 is 2.85 bits per heavy atom. The molecular weight excluding hydrogens is 340 g/mol. The van der Waals surface area contributed by atoms with Gasteiger partial charge in [-0.1, -0.05) is 30.7 Å². The van der Waals surface area contributed by atoms with Crippen LogP contribution in [0.15, 0.2) is 22.8 Å². The maximum absolute atomic E-state index is 6.17. The number of aromatic nitrogens is 3. The van der Waals surface area contributed by atoms with Gasteiger partial charge >= 0.3 is 0 Å². The smallest absolute Gasteiger partial charge is 0.0969 e. The van der Waals surface area contributed by atoms with Crippen molar-refractivity contribution >= 4 is 27.5 Å². The van der Waals surface area contributed by atoms with E-state index in [4.69, 9.17) is 11.6 Å². The summed E-state index contributed by atoms with van der Waals surface area (Å²) >= 11 is 9.70. The number of nitrogens with zero attached hydrogens (tertiary/aromatic N) is 3. The highest BCUT2D eigenvalue weighted by Crippen LogP contribution is 2.27. The average Bonchev–Trinajstić information content (AvgIpc) is 2.82. The van der Waals surface area contributed by atoms with Crippen molar-refractivity contribution in [2.24, 2.45) is 5.92 Å². The summed E-state index contributed by atoms with van der Waals surface area (Å²) in [6, 6.07) is 3.87. The van der Waals surface area contributed by atoms with E-state index in [1.165, 1.54) is 0 Å². The van der Waals surface area contributed by atoms with Crippen molar-refractivity contribution in [3.05, 3.63) is 39.1 Å². The Hall–Kier alpha value is -0.910. The predicted octanol–water partition coefficient (Wildman–Crippen LogP) is 3.74. The summed E-state index contributed by atoms with van der Waals surface area (Å²) in [7, 11) is 0. The predicted molar refractivity (Wildman–Crippen MR) is 85.4 cm³/mol. The Morgan fingerprint density at radius 2 is 2.15 bits per heavy atom. The van der Waals surface area contributed by atoms with Gasteiger partial charge in [-0.05, 0) is 53.0 Å². The first-order valence-corrected chi connectivity index (χ1v) is 7.72. The van der Waals surface area contributed by atoms with Crippen LogP contribution in [0, 0.1) is 12.8 Å². The van der Waals surface area contributed by atoms with Gasteiger partial charge < -0.3 is 5.32 Å². The molecule has 0 atom stereocenters. The fourth-order valence-electron chi connectivity index (χ4n) is 1.80. The van der Waals surface area contributed by atoms with E-state index in [-0.39, 0.29) is 0 Å². The summed E-state index contributed by atoms with van der Waals surface area (Å²) in [5, 5.41) is 12.4. The number of hydrogen-bond acceptors (Lipinski definition) is 3. The molecule has 0 saturated carbocycles. The minimum absolute atomic E-state index is 0.620. The van der Waals surface area contributed by atoms with Crippen molar-refractivity contribution in [1.29, 1.82) is 0 Å². The Bertz CT molecular complexity index is 595. The monoisotopic (exact) mass is 356 g/mol. The maximum Gasteiger partial charge on any atom is 0.0969 e. The number of nitrogens with one attached hydrogen (secondary N) is 1. The molecule has 108 valence electrons. The van der Waals surface area contributed by atoms with Gasteiger partial charge in [0, 0.05) is 16.0 Å². The number of aryl methyl sites for hydroxylation is 1. The number of benzene rings is 1. The van der Waals surface area contributed by atoms with Crippen LogP contribution >= 0.6 is 27.5 Å². The van der Waals surface area contributed by atoms with Crippen LogP contribution in [0.25, 0.3) is 5.69 Å². The highest BCUT2D eigenvalue weighted by molar-refractivity contribution is 9.10. The van der Waals surface area contributed by atoms with E-state index in [2.05, 4.69) is 45.4 Å². The molecule has 0 radical (unpaired) electrons. The molecule has 6 heteroatoms. The summed E-state index contributed by atoms with van der Waals surface area (Å²) in [4.78, 5) is 0. The summed E-state index contributed by atoms with van der Waals surface area (Å²) in [6.45, 7) is 8.01. The molecule has 0 aliphatic carbocycles. The standard InChI is InChI=1S/C14H18BrClN4/c1-9(2)6-17-7-11-8-20(19-18-11)14-5-13(16)10(3)4-12(14)15/h4-5,8-9,17H,6-7H2,1-3H3. The van der Waals surface area contributed by atoms with E-state index < -0.39 is 0 Å². The quantitative estimate of drug-likeness (QED) is 0.886. The van der Waals surface area contributed by atoms with E-state index in [9.17, 15) is 0 Å². The zero-order chi connectivity index (χ0) is 14.7. The Morgan fingerprint density at radius 1 is 1.40 bits per heavy atom. The van der Waals surface area contributed by atoms with Crippen LogP contribution in [0.3, 0.4) is 0 Å². The van der Waals surface area contributed by atoms with Crippen molar-refractivity contribution in [2.45, 2.75) is 27.3 Å². The summed E-state index contributed by atoms with van der Waals surface area (Å²) in [5.41, 5.74) is 2.83. The van der Waals surface area contributed by atoms with Crippen LogP contribution in [0.5, 0.6) is 0 Å². The Kier molecular flexibility index (Phi) is 5.18. The van der Waals surface area contributed by atoms with Crippen LogP contribution in [0.4, 0.5) is 0 Å². The molecule has 20 heavy (non-hydrogen) atoms. The van der Waals surface area contributed by atoms with E-state index in [0.717, 1.165) is 39.5 Å². The first-order chi connectivity index (χ1) is 9.47. The van der Waals surface area contributed by atoms with Gasteiger partial charge in [-0.2, -0.15) is 0 Å². The summed E-state index contributed by atoms with van der Waals surface area (Å²) in [5.74, 6) is 0.620. The van der Waals surface area contributed by atoms with E-state index in [1.54, 1.807) is 4.68 Å². The third-order valence-electron chi connectivity index (χ3n) is 2.87. The molecule has 0 unspecified atom stereocenters. The Balaban J connectivity index is 2.14. The van der Waals surface area contributed by atoms with Crippen LogP contribution in [-0.4, -0.2) is 21.5 Å². The molecule has 1 aromatic carbocycles. The molecule has 0 fully saturated rings. The molecule has 0 amide bonds. The topological polar surface area (TPSA) is 42.7 Å². The molecule has 4 nitrogen and oxygen atoms in total. The molecule has 1 aromatic heterocycles. The molecule has 1 heterocycles. The zero-order valence-corrected chi connectivity index (χ0v) is 14.2. The van der Waals surface area contributed by atoms with Crippen LogP contribution in [0.1, 0.15) is 25.1 Å². The van der Waals surface area contributed by atoms with Gasteiger partial charge in [0.25, 0.3) is 0 Å². The fourth-order valence-corrected chi connectivity index (χ4v) is 2.59. The van der Waals surface area contributed by atoms with Crippen molar-refractivity contribution < 1.29 is 0 Å². The third kappa shape index (κ3) is 3.81. The average molecular weight is 358 g/mol. The van der Waals surface area contributed by atoms with E-state index >= 15 is 0 Å². The second kappa shape index (κ2) is 6.70. The SMILES string of the molecule is Cc1cc(Br)c(-n2cc(CNCC(C)C)nn2)cc1Cl. The lowest BCUT2D eigenvalue weighted by Crippen LogP contribution is -2.19. The molecular formula is C14H18BrClN4. The molecule has 1 N–H and O–H groups in total. The minimum atomic E-state index is 0.620. The lowest BCUT2D eigenvalue weighted by molar-refractivity contribution is 0.548.